The molecule has 35 heavy (non-hydrogen) atoms. The summed E-state index contributed by atoms with van der Waals surface area (Å²) in [6, 6.07) is 28.9. The number of fused-ring (bicyclic) bond motifs is 2. The number of halogens is 1. The number of carbonyl (C=O) groups excluding carboxylic acids is 2. The highest BCUT2D eigenvalue weighted by molar-refractivity contribution is 6.34. The van der Waals surface area contributed by atoms with E-state index in [-0.39, 0.29) is 11.8 Å². The number of hydrogen-bond donors (Lipinski definition) is 0. The first-order chi connectivity index (χ1) is 16.9. The number of carbonyl (C=O) groups is 2. The molecule has 0 aliphatic carbocycles. The average molecular weight is 481 g/mol. The molecule has 0 bridgehead atoms. The minimum atomic E-state index is -0.202. The van der Waals surface area contributed by atoms with Gasteiger partial charge in [-0.15, -0.1) is 0 Å². The Labute approximate surface area is 210 Å². The van der Waals surface area contributed by atoms with Gasteiger partial charge >= 0.3 is 0 Å². The van der Waals surface area contributed by atoms with Gasteiger partial charge in [0.2, 0.25) is 0 Å². The molecule has 5 heteroatoms. The molecule has 2 amide bonds. The highest BCUT2D eigenvalue weighted by Gasteiger charge is 2.25. The van der Waals surface area contributed by atoms with Crippen molar-refractivity contribution in [3.05, 3.63) is 129 Å². The molecule has 0 radical (unpaired) electrons. The zero-order valence-corrected chi connectivity index (χ0v) is 20.4. The molecule has 4 nitrogen and oxygen atoms in total. The lowest BCUT2D eigenvalue weighted by Gasteiger charge is -2.24. The molecule has 0 saturated carbocycles. The Hall–Kier alpha value is -3.89. The topological polar surface area (TPSA) is 40.6 Å². The first-order valence-corrected chi connectivity index (χ1v) is 11.9. The summed E-state index contributed by atoms with van der Waals surface area (Å²) in [4.78, 5) is 30.1. The van der Waals surface area contributed by atoms with Crippen LogP contribution in [0.4, 0.5) is 11.4 Å². The molecule has 1 aliphatic rings. The number of aryl methyl sites for hydroxylation is 1. The molecule has 4 aromatic carbocycles. The van der Waals surface area contributed by atoms with E-state index in [1.54, 1.807) is 48.3 Å². The summed E-state index contributed by atoms with van der Waals surface area (Å²) in [6.07, 6.45) is 0.795. The van der Waals surface area contributed by atoms with E-state index < -0.39 is 0 Å². The molecule has 1 aliphatic heterocycles. The van der Waals surface area contributed by atoms with Crippen LogP contribution in [0.5, 0.6) is 0 Å². The Bertz CT molecular complexity index is 1430. The van der Waals surface area contributed by atoms with Crippen LogP contribution < -0.4 is 9.80 Å². The van der Waals surface area contributed by atoms with E-state index in [0.717, 1.165) is 28.8 Å². The quantitative estimate of drug-likeness (QED) is 0.328. The van der Waals surface area contributed by atoms with Gasteiger partial charge in [0.25, 0.3) is 11.8 Å². The number of nitrogens with zero attached hydrogens (tertiary/aromatic N) is 2. The fourth-order valence-electron chi connectivity index (χ4n) is 4.52. The molecule has 1 heterocycles. The van der Waals surface area contributed by atoms with Crippen molar-refractivity contribution < 1.29 is 9.59 Å². The molecule has 4 aromatic rings. The monoisotopic (exact) mass is 480 g/mol. The van der Waals surface area contributed by atoms with E-state index in [9.17, 15) is 9.59 Å². The molecule has 174 valence electrons. The molecule has 0 saturated heterocycles. The maximum atomic E-state index is 13.7. The molecular weight excluding hydrogens is 456 g/mol. The number of anilines is 2. The molecular formula is C30H25ClN2O2. The van der Waals surface area contributed by atoms with Crippen molar-refractivity contribution in [3.8, 4) is 0 Å². The first-order valence-electron chi connectivity index (χ1n) is 11.5. The van der Waals surface area contributed by atoms with E-state index in [1.807, 2.05) is 48.2 Å². The van der Waals surface area contributed by atoms with Crippen molar-refractivity contribution in [2.75, 3.05) is 16.8 Å². The Kier molecular flexibility index (Phi) is 6.14. The smallest absolute Gasteiger partial charge is 0.259 e. The van der Waals surface area contributed by atoms with Crippen molar-refractivity contribution in [3.63, 3.8) is 0 Å². The van der Waals surface area contributed by atoms with Crippen molar-refractivity contribution in [2.24, 2.45) is 0 Å². The fraction of sp³-hybridized carbons (Fsp3) is 0.133. The predicted molar refractivity (Wildman–Crippen MR) is 142 cm³/mol. The molecule has 0 N–H and O–H groups in total. The van der Waals surface area contributed by atoms with Gasteiger partial charge in [0, 0.05) is 24.0 Å². The molecule has 0 unspecified atom stereocenters. The number of amides is 2. The predicted octanol–water partition coefficient (Wildman–Crippen LogP) is 6.68. The van der Waals surface area contributed by atoms with Gasteiger partial charge in [-0.3, -0.25) is 9.59 Å². The average Bonchev–Trinajstić information content (AvgIpc) is 3.04. The second kappa shape index (κ2) is 9.40. The number of para-hydroxylation sites is 1. The van der Waals surface area contributed by atoms with Crippen molar-refractivity contribution in [2.45, 2.75) is 19.9 Å². The Morgan fingerprint density at radius 3 is 2.20 bits per heavy atom. The van der Waals surface area contributed by atoms with Crippen LogP contribution in [0.25, 0.3) is 0 Å². The summed E-state index contributed by atoms with van der Waals surface area (Å²) >= 11 is 6.30. The van der Waals surface area contributed by atoms with Crippen LogP contribution >= 0.6 is 11.6 Å². The van der Waals surface area contributed by atoms with Crippen LogP contribution in [0.1, 0.15) is 43.0 Å². The Balaban J connectivity index is 1.42. The van der Waals surface area contributed by atoms with Crippen molar-refractivity contribution >= 4 is 34.8 Å². The molecule has 0 atom stereocenters. The molecule has 0 fully saturated rings. The van der Waals surface area contributed by atoms with Crippen LogP contribution in [-0.4, -0.2) is 18.9 Å². The summed E-state index contributed by atoms with van der Waals surface area (Å²) in [7, 11) is 1.71. The lowest BCUT2D eigenvalue weighted by molar-refractivity contribution is 0.0981. The summed E-state index contributed by atoms with van der Waals surface area (Å²) in [5.41, 5.74) is 7.13. The number of hydrogen-bond acceptors (Lipinski definition) is 2. The van der Waals surface area contributed by atoms with E-state index in [1.165, 1.54) is 5.56 Å². The fourth-order valence-corrected chi connectivity index (χ4v) is 4.84. The third kappa shape index (κ3) is 4.45. The zero-order valence-electron chi connectivity index (χ0n) is 19.7. The van der Waals surface area contributed by atoms with Crippen LogP contribution in [0.15, 0.2) is 91.0 Å². The second-order valence-electron chi connectivity index (χ2n) is 8.86. The zero-order chi connectivity index (χ0) is 24.5. The van der Waals surface area contributed by atoms with Gasteiger partial charge in [-0.25, -0.2) is 0 Å². The van der Waals surface area contributed by atoms with Gasteiger partial charge in [0.05, 0.1) is 17.1 Å². The molecule has 5 rings (SSSR count). The lowest BCUT2D eigenvalue weighted by atomic mass is 10.0. The van der Waals surface area contributed by atoms with Gasteiger partial charge in [-0.2, -0.15) is 0 Å². The summed E-state index contributed by atoms with van der Waals surface area (Å²) < 4.78 is 0. The first kappa shape index (κ1) is 22.9. The SMILES string of the molecule is Cc1ccc(C(=O)N(C)c2ccc(C(=O)N3Cc4ccccc4Cc4ccccc43)cc2)c(Cl)c1. The molecule has 0 aromatic heterocycles. The maximum Gasteiger partial charge on any atom is 0.259 e. The van der Waals surface area contributed by atoms with Gasteiger partial charge in [0.1, 0.15) is 0 Å². The van der Waals surface area contributed by atoms with Crippen molar-refractivity contribution in [1.82, 2.24) is 0 Å². The van der Waals surface area contributed by atoms with E-state index in [2.05, 4.69) is 18.2 Å². The van der Waals surface area contributed by atoms with Crippen LogP contribution in [0, 0.1) is 6.92 Å². The van der Waals surface area contributed by atoms with Crippen LogP contribution in [-0.2, 0) is 13.0 Å². The van der Waals surface area contributed by atoms with E-state index in [4.69, 9.17) is 11.6 Å². The molecule has 0 spiro atoms. The minimum Gasteiger partial charge on any atom is -0.311 e. The number of rotatable bonds is 3. The van der Waals surface area contributed by atoms with Gasteiger partial charge in [0.15, 0.2) is 0 Å². The highest BCUT2D eigenvalue weighted by atomic mass is 35.5. The lowest BCUT2D eigenvalue weighted by Crippen LogP contribution is -2.30. The van der Waals surface area contributed by atoms with Gasteiger partial charge in [-0.05, 0) is 78.1 Å². The third-order valence-electron chi connectivity index (χ3n) is 6.52. The Morgan fingerprint density at radius 2 is 1.49 bits per heavy atom. The minimum absolute atomic E-state index is 0.0729. The number of benzene rings is 4. The standard InChI is InChI=1S/C30H25ClN2O2/c1-20-11-16-26(27(31)17-20)30(35)32(2)25-14-12-21(13-15-25)29(34)33-19-24-9-4-3-7-22(24)18-23-8-5-6-10-28(23)33/h3-17H,18-19H2,1-2H3. The van der Waals surface area contributed by atoms with Gasteiger partial charge in [-0.1, -0.05) is 60.1 Å². The Morgan fingerprint density at radius 1 is 0.829 bits per heavy atom. The van der Waals surface area contributed by atoms with Crippen LogP contribution in [0.2, 0.25) is 5.02 Å². The van der Waals surface area contributed by atoms with Gasteiger partial charge < -0.3 is 9.80 Å². The third-order valence-corrected chi connectivity index (χ3v) is 6.83. The van der Waals surface area contributed by atoms with Crippen LogP contribution in [0.3, 0.4) is 0 Å². The normalized spacial score (nSPS) is 12.4. The maximum absolute atomic E-state index is 13.7. The van der Waals surface area contributed by atoms with Crippen molar-refractivity contribution in [1.29, 1.82) is 0 Å². The second-order valence-corrected chi connectivity index (χ2v) is 9.27. The summed E-state index contributed by atoms with van der Waals surface area (Å²) in [6.45, 7) is 2.44. The highest BCUT2D eigenvalue weighted by Crippen LogP contribution is 2.32. The summed E-state index contributed by atoms with van der Waals surface area (Å²) in [5, 5.41) is 0.425. The van der Waals surface area contributed by atoms with E-state index >= 15 is 0 Å². The largest absolute Gasteiger partial charge is 0.311 e. The summed E-state index contributed by atoms with van der Waals surface area (Å²) in [5.74, 6) is -0.275. The van der Waals surface area contributed by atoms with E-state index in [0.29, 0.717) is 28.4 Å².